The molecule has 4 nitrogen and oxygen atoms in total. The molecule has 0 fully saturated rings. The van der Waals surface area contributed by atoms with Crippen molar-refractivity contribution in [3.05, 3.63) is 53.1 Å². The van der Waals surface area contributed by atoms with Gasteiger partial charge in [0.2, 0.25) is 0 Å². The maximum atomic E-state index is 12.4. The van der Waals surface area contributed by atoms with Crippen LogP contribution in [0, 0.1) is 0 Å². The number of benzene rings is 2. The largest absolute Gasteiger partial charge is 0.497 e. The van der Waals surface area contributed by atoms with Crippen molar-refractivity contribution in [2.45, 2.75) is 6.42 Å². The fourth-order valence-corrected chi connectivity index (χ4v) is 2.57. The van der Waals surface area contributed by atoms with Gasteiger partial charge in [0.1, 0.15) is 5.75 Å². The number of hydrogen-bond acceptors (Lipinski definition) is 2. The smallest absolute Gasteiger partial charge is 0.326 e. The zero-order valence-electron chi connectivity index (χ0n) is 11.6. The maximum absolute atomic E-state index is 12.4. The number of ether oxygens (including phenoxy) is 1. The Morgan fingerprint density at radius 3 is 2.71 bits per heavy atom. The summed E-state index contributed by atoms with van der Waals surface area (Å²) < 4.78 is 5.21. The lowest BCUT2D eigenvalue weighted by Crippen LogP contribution is -2.33. The zero-order valence-corrected chi connectivity index (χ0v) is 12.4. The summed E-state index contributed by atoms with van der Waals surface area (Å²) in [5, 5.41) is 3.52. The molecule has 0 saturated heterocycles. The van der Waals surface area contributed by atoms with Crippen LogP contribution in [-0.2, 0) is 6.42 Å². The van der Waals surface area contributed by atoms with E-state index < -0.39 is 0 Å². The van der Waals surface area contributed by atoms with Crippen LogP contribution in [0.2, 0.25) is 5.02 Å². The Labute approximate surface area is 128 Å². The van der Waals surface area contributed by atoms with Crippen LogP contribution >= 0.6 is 11.6 Å². The average molecular weight is 303 g/mol. The molecule has 1 aliphatic rings. The second kappa shape index (κ2) is 5.66. The summed E-state index contributed by atoms with van der Waals surface area (Å²) in [6.07, 6.45) is 0.834. The maximum Gasteiger partial charge on any atom is 0.326 e. The van der Waals surface area contributed by atoms with E-state index in [1.54, 1.807) is 36.3 Å². The molecule has 21 heavy (non-hydrogen) atoms. The van der Waals surface area contributed by atoms with Gasteiger partial charge in [-0.15, -0.1) is 0 Å². The Bertz CT molecular complexity index is 670. The van der Waals surface area contributed by atoms with Crippen LogP contribution in [0.15, 0.2) is 42.5 Å². The van der Waals surface area contributed by atoms with Crippen LogP contribution in [0.25, 0.3) is 0 Å². The molecule has 0 aliphatic carbocycles. The molecule has 0 saturated carbocycles. The van der Waals surface area contributed by atoms with Crippen molar-refractivity contribution in [1.82, 2.24) is 0 Å². The van der Waals surface area contributed by atoms with Gasteiger partial charge in [-0.2, -0.15) is 0 Å². The number of halogens is 1. The van der Waals surface area contributed by atoms with E-state index >= 15 is 0 Å². The first kappa shape index (κ1) is 13.8. The number of nitrogens with one attached hydrogen (secondary N) is 1. The monoisotopic (exact) mass is 302 g/mol. The van der Waals surface area contributed by atoms with Crippen molar-refractivity contribution in [2.75, 3.05) is 23.9 Å². The van der Waals surface area contributed by atoms with Crippen LogP contribution in [0.1, 0.15) is 5.56 Å². The summed E-state index contributed by atoms with van der Waals surface area (Å²) in [5.74, 6) is 0.814. The first-order valence-electron chi connectivity index (χ1n) is 6.68. The third kappa shape index (κ3) is 2.81. The van der Waals surface area contributed by atoms with Gasteiger partial charge in [0.25, 0.3) is 0 Å². The summed E-state index contributed by atoms with van der Waals surface area (Å²) in [7, 11) is 1.64. The Morgan fingerprint density at radius 2 is 2.00 bits per heavy atom. The van der Waals surface area contributed by atoms with Crippen molar-refractivity contribution in [3.8, 4) is 5.75 Å². The van der Waals surface area contributed by atoms with E-state index in [0.29, 0.717) is 11.6 Å². The van der Waals surface area contributed by atoms with E-state index in [0.717, 1.165) is 29.1 Å². The van der Waals surface area contributed by atoms with Crippen LogP contribution in [0.3, 0.4) is 0 Å². The molecule has 1 aliphatic heterocycles. The van der Waals surface area contributed by atoms with Gasteiger partial charge in [-0.05, 0) is 54.4 Å². The number of rotatable bonds is 2. The van der Waals surface area contributed by atoms with Crippen molar-refractivity contribution in [3.63, 3.8) is 0 Å². The number of nitrogens with zero attached hydrogens (tertiary/aromatic N) is 1. The lowest BCUT2D eigenvalue weighted by molar-refractivity contribution is 0.257. The van der Waals surface area contributed by atoms with Gasteiger partial charge < -0.3 is 10.1 Å². The lowest BCUT2D eigenvalue weighted by atomic mass is 10.1. The molecule has 0 spiro atoms. The van der Waals surface area contributed by atoms with Crippen LogP contribution in [-0.4, -0.2) is 19.7 Å². The lowest BCUT2D eigenvalue weighted by Gasteiger charge is -2.18. The Morgan fingerprint density at radius 1 is 1.24 bits per heavy atom. The summed E-state index contributed by atoms with van der Waals surface area (Å²) in [6.45, 7) is 0.669. The van der Waals surface area contributed by atoms with E-state index in [2.05, 4.69) is 5.32 Å². The van der Waals surface area contributed by atoms with Crippen LogP contribution in [0.5, 0.6) is 5.75 Å². The van der Waals surface area contributed by atoms with E-state index in [-0.39, 0.29) is 6.03 Å². The fraction of sp³-hybridized carbons (Fsp3) is 0.188. The standard InChI is InChI=1S/C16H15ClN2O2/c1-21-14-6-7-15-11(10-14)8-9-19(15)16(20)18-13-4-2-12(17)3-5-13/h2-7,10H,8-9H2,1H3,(H,18,20). The second-order valence-corrected chi connectivity index (χ2v) is 5.27. The summed E-state index contributed by atoms with van der Waals surface area (Å²) in [5.41, 5.74) is 2.79. The normalized spacial score (nSPS) is 13.0. The fourth-order valence-electron chi connectivity index (χ4n) is 2.44. The molecular weight excluding hydrogens is 288 g/mol. The topological polar surface area (TPSA) is 41.6 Å². The summed E-state index contributed by atoms with van der Waals surface area (Å²) in [6, 6.07) is 12.7. The van der Waals surface area contributed by atoms with E-state index in [1.807, 2.05) is 18.2 Å². The number of fused-ring (bicyclic) bond motifs is 1. The highest BCUT2D eigenvalue weighted by atomic mass is 35.5. The van der Waals surface area contributed by atoms with E-state index in [4.69, 9.17) is 16.3 Å². The minimum atomic E-state index is -0.138. The minimum absolute atomic E-state index is 0.138. The Balaban J connectivity index is 1.77. The SMILES string of the molecule is COc1ccc2c(c1)CCN2C(=O)Nc1ccc(Cl)cc1. The van der Waals surface area contributed by atoms with Crippen molar-refractivity contribution >= 4 is 29.0 Å². The first-order valence-corrected chi connectivity index (χ1v) is 7.06. The van der Waals surface area contributed by atoms with Gasteiger partial charge >= 0.3 is 6.03 Å². The molecule has 1 N–H and O–H groups in total. The van der Waals surface area contributed by atoms with Gasteiger partial charge in [0.05, 0.1) is 7.11 Å². The number of anilines is 2. The molecule has 5 heteroatoms. The predicted molar refractivity (Wildman–Crippen MR) is 84.5 cm³/mol. The third-order valence-electron chi connectivity index (χ3n) is 3.52. The molecule has 3 rings (SSSR count). The van der Waals surface area contributed by atoms with E-state index in [9.17, 15) is 4.79 Å². The Hall–Kier alpha value is -2.20. The molecular formula is C16H15ClN2O2. The molecule has 0 aromatic heterocycles. The molecule has 0 bridgehead atoms. The molecule has 1 heterocycles. The van der Waals surface area contributed by atoms with Crippen molar-refractivity contribution < 1.29 is 9.53 Å². The van der Waals surface area contributed by atoms with Crippen LogP contribution in [0.4, 0.5) is 16.2 Å². The van der Waals surface area contributed by atoms with Crippen molar-refractivity contribution in [1.29, 1.82) is 0 Å². The number of hydrogen-bond donors (Lipinski definition) is 1. The highest BCUT2D eigenvalue weighted by Gasteiger charge is 2.25. The van der Waals surface area contributed by atoms with E-state index in [1.165, 1.54) is 0 Å². The summed E-state index contributed by atoms with van der Waals surface area (Å²) in [4.78, 5) is 14.1. The molecule has 0 atom stereocenters. The number of amides is 2. The van der Waals surface area contributed by atoms with Crippen LogP contribution < -0.4 is 15.0 Å². The van der Waals surface area contributed by atoms with Crippen molar-refractivity contribution in [2.24, 2.45) is 0 Å². The van der Waals surface area contributed by atoms with Gasteiger partial charge in [0, 0.05) is 22.9 Å². The molecule has 2 aromatic carbocycles. The number of methoxy groups -OCH3 is 1. The molecule has 0 radical (unpaired) electrons. The summed E-state index contributed by atoms with van der Waals surface area (Å²) >= 11 is 5.84. The zero-order chi connectivity index (χ0) is 14.8. The number of carbonyl (C=O) groups excluding carboxylic acids is 1. The molecule has 2 aromatic rings. The molecule has 108 valence electrons. The van der Waals surface area contributed by atoms with Gasteiger partial charge in [-0.25, -0.2) is 4.79 Å². The number of urea groups is 1. The second-order valence-electron chi connectivity index (χ2n) is 4.83. The first-order chi connectivity index (χ1) is 10.2. The highest BCUT2D eigenvalue weighted by molar-refractivity contribution is 6.30. The molecule has 0 unspecified atom stereocenters. The molecule has 2 amide bonds. The number of carbonyl (C=O) groups is 1. The minimum Gasteiger partial charge on any atom is -0.497 e. The average Bonchev–Trinajstić information content (AvgIpc) is 2.92. The third-order valence-corrected chi connectivity index (χ3v) is 3.77. The van der Waals surface area contributed by atoms with Gasteiger partial charge in [0.15, 0.2) is 0 Å². The van der Waals surface area contributed by atoms with Gasteiger partial charge in [-0.1, -0.05) is 11.6 Å². The predicted octanol–water partition coefficient (Wildman–Crippen LogP) is 3.94. The quantitative estimate of drug-likeness (QED) is 0.913. The van der Waals surface area contributed by atoms with Gasteiger partial charge in [-0.3, -0.25) is 4.90 Å². The Kier molecular flexibility index (Phi) is 3.71. The highest BCUT2D eigenvalue weighted by Crippen LogP contribution is 2.31.